The maximum absolute atomic E-state index is 12.3. The van der Waals surface area contributed by atoms with Gasteiger partial charge in [-0.15, -0.1) is 0 Å². The van der Waals surface area contributed by atoms with Crippen molar-refractivity contribution in [3.05, 3.63) is 28.2 Å². The van der Waals surface area contributed by atoms with Gasteiger partial charge in [-0.25, -0.2) is 0 Å². The van der Waals surface area contributed by atoms with Crippen molar-refractivity contribution >= 4 is 46.6 Å². The Balaban J connectivity index is 1.70. The van der Waals surface area contributed by atoms with Crippen LogP contribution in [0.15, 0.2) is 18.2 Å². The summed E-state index contributed by atoms with van der Waals surface area (Å²) in [7, 11) is 0. The highest BCUT2D eigenvalue weighted by Crippen LogP contribution is 2.38. The summed E-state index contributed by atoms with van der Waals surface area (Å²) in [4.78, 5) is 38.0. The van der Waals surface area contributed by atoms with E-state index < -0.39 is 5.91 Å². The summed E-state index contributed by atoms with van der Waals surface area (Å²) in [5, 5.41) is 3.19. The Bertz CT molecular complexity index is 633. The second-order valence-corrected chi connectivity index (χ2v) is 6.72. The van der Waals surface area contributed by atoms with Crippen LogP contribution < -0.4 is 5.32 Å². The van der Waals surface area contributed by atoms with Crippen LogP contribution in [-0.4, -0.2) is 29.2 Å². The number of hydrogen-bond acceptors (Lipinski definition) is 3. The zero-order chi connectivity index (χ0) is 16.6. The molecule has 3 rings (SSSR count). The molecule has 1 saturated heterocycles. The lowest BCUT2D eigenvalue weighted by molar-refractivity contribution is -0.142. The number of nitrogens with zero attached hydrogens (tertiary/aromatic N) is 1. The average molecular weight is 355 g/mol. The van der Waals surface area contributed by atoms with Gasteiger partial charge >= 0.3 is 0 Å². The number of amides is 3. The average Bonchev–Trinajstić information content (AvgIpc) is 2.77. The highest BCUT2D eigenvalue weighted by Gasteiger charge is 2.48. The van der Waals surface area contributed by atoms with Gasteiger partial charge in [-0.2, -0.15) is 0 Å². The summed E-state index contributed by atoms with van der Waals surface area (Å²) in [5.41, 5.74) is 0.289. The SMILES string of the molecule is O=C(CN1C(=O)[C@H]2CCCC[C@H]2C1=O)Nc1c(Cl)cccc1Cl. The number of carbonyl (C=O) groups excluding carboxylic acids is 3. The number of hydrogen-bond donors (Lipinski definition) is 1. The third kappa shape index (κ3) is 3.08. The Morgan fingerprint density at radius 1 is 1.09 bits per heavy atom. The number of nitrogens with one attached hydrogen (secondary N) is 1. The fraction of sp³-hybridized carbons (Fsp3) is 0.438. The lowest BCUT2D eigenvalue weighted by Gasteiger charge is -2.19. The van der Waals surface area contributed by atoms with Crippen molar-refractivity contribution in [1.29, 1.82) is 0 Å². The molecule has 1 N–H and O–H groups in total. The van der Waals surface area contributed by atoms with Crippen molar-refractivity contribution in [2.45, 2.75) is 25.7 Å². The smallest absolute Gasteiger partial charge is 0.244 e. The molecule has 2 atom stereocenters. The number of benzene rings is 1. The predicted octanol–water partition coefficient (Wildman–Crippen LogP) is 3.11. The summed E-state index contributed by atoms with van der Waals surface area (Å²) in [6.45, 7) is -0.299. The molecular weight excluding hydrogens is 339 g/mol. The second kappa shape index (κ2) is 6.49. The van der Waals surface area contributed by atoms with Gasteiger partial charge in [0.2, 0.25) is 17.7 Å². The van der Waals surface area contributed by atoms with E-state index in [1.807, 2.05) is 0 Å². The van der Waals surface area contributed by atoms with Crippen LogP contribution in [0.25, 0.3) is 0 Å². The summed E-state index contributed by atoms with van der Waals surface area (Å²) in [6.07, 6.45) is 3.36. The van der Waals surface area contributed by atoms with Crippen molar-refractivity contribution in [2.75, 3.05) is 11.9 Å². The Morgan fingerprint density at radius 3 is 2.13 bits per heavy atom. The molecule has 1 aliphatic heterocycles. The quantitative estimate of drug-likeness (QED) is 0.848. The maximum Gasteiger partial charge on any atom is 0.244 e. The molecule has 1 aromatic rings. The van der Waals surface area contributed by atoms with E-state index in [9.17, 15) is 14.4 Å². The first-order valence-electron chi connectivity index (χ1n) is 7.58. The zero-order valence-electron chi connectivity index (χ0n) is 12.4. The number of rotatable bonds is 3. The van der Waals surface area contributed by atoms with Crippen LogP contribution in [0, 0.1) is 11.8 Å². The van der Waals surface area contributed by atoms with Gasteiger partial charge in [0, 0.05) is 0 Å². The summed E-state index contributed by atoms with van der Waals surface area (Å²) in [6, 6.07) is 4.87. The number of carbonyl (C=O) groups is 3. The molecule has 0 spiro atoms. The van der Waals surface area contributed by atoms with Crippen LogP contribution in [0.2, 0.25) is 10.0 Å². The van der Waals surface area contributed by atoms with Crippen LogP contribution in [0.3, 0.4) is 0 Å². The highest BCUT2D eigenvalue weighted by atomic mass is 35.5. The van der Waals surface area contributed by atoms with E-state index in [2.05, 4.69) is 5.32 Å². The van der Waals surface area contributed by atoms with Gasteiger partial charge in [0.1, 0.15) is 6.54 Å². The Labute approximate surface area is 143 Å². The van der Waals surface area contributed by atoms with E-state index in [1.165, 1.54) is 0 Å². The van der Waals surface area contributed by atoms with Crippen LogP contribution in [0.4, 0.5) is 5.69 Å². The molecule has 2 aliphatic rings. The molecule has 23 heavy (non-hydrogen) atoms. The third-order valence-corrected chi connectivity index (χ3v) is 5.09. The molecule has 3 amide bonds. The van der Waals surface area contributed by atoms with E-state index in [4.69, 9.17) is 23.2 Å². The zero-order valence-corrected chi connectivity index (χ0v) is 13.9. The molecule has 1 aromatic carbocycles. The van der Waals surface area contributed by atoms with Crippen LogP contribution in [-0.2, 0) is 14.4 Å². The molecule has 1 saturated carbocycles. The Hall–Kier alpha value is -1.59. The number of fused-ring (bicyclic) bond motifs is 1. The number of halogens is 2. The van der Waals surface area contributed by atoms with Crippen molar-refractivity contribution in [1.82, 2.24) is 4.90 Å². The first-order valence-corrected chi connectivity index (χ1v) is 8.33. The molecule has 5 nitrogen and oxygen atoms in total. The Morgan fingerprint density at radius 2 is 1.61 bits per heavy atom. The van der Waals surface area contributed by atoms with Gasteiger partial charge in [-0.1, -0.05) is 42.1 Å². The van der Waals surface area contributed by atoms with Crippen LogP contribution in [0.1, 0.15) is 25.7 Å². The highest BCUT2D eigenvalue weighted by molar-refractivity contribution is 6.39. The minimum atomic E-state index is -0.486. The lowest BCUT2D eigenvalue weighted by Crippen LogP contribution is -2.38. The summed E-state index contributed by atoms with van der Waals surface area (Å²) in [5.74, 6) is -1.47. The molecule has 1 aliphatic carbocycles. The lowest BCUT2D eigenvalue weighted by atomic mass is 9.81. The molecule has 0 radical (unpaired) electrons. The van der Waals surface area contributed by atoms with Gasteiger partial charge < -0.3 is 5.32 Å². The number of anilines is 1. The van der Waals surface area contributed by atoms with Crippen LogP contribution >= 0.6 is 23.2 Å². The van der Waals surface area contributed by atoms with E-state index >= 15 is 0 Å². The molecule has 2 fully saturated rings. The monoisotopic (exact) mass is 354 g/mol. The molecule has 7 heteroatoms. The van der Waals surface area contributed by atoms with E-state index in [-0.39, 0.29) is 35.9 Å². The van der Waals surface area contributed by atoms with Crippen molar-refractivity contribution in [2.24, 2.45) is 11.8 Å². The molecular formula is C16H16Cl2N2O3. The van der Waals surface area contributed by atoms with E-state index in [1.54, 1.807) is 18.2 Å². The molecule has 0 unspecified atom stereocenters. The molecule has 0 bridgehead atoms. The minimum Gasteiger partial charge on any atom is -0.322 e. The summed E-state index contributed by atoms with van der Waals surface area (Å²) >= 11 is 12.0. The van der Waals surface area contributed by atoms with Crippen molar-refractivity contribution < 1.29 is 14.4 Å². The van der Waals surface area contributed by atoms with Crippen LogP contribution in [0.5, 0.6) is 0 Å². The van der Waals surface area contributed by atoms with Gasteiger partial charge in [0.15, 0.2) is 0 Å². The number of para-hydroxylation sites is 1. The topological polar surface area (TPSA) is 66.5 Å². The first kappa shape index (κ1) is 16.3. The maximum atomic E-state index is 12.3. The largest absolute Gasteiger partial charge is 0.322 e. The van der Waals surface area contributed by atoms with Crippen molar-refractivity contribution in [3.8, 4) is 0 Å². The molecule has 122 valence electrons. The van der Waals surface area contributed by atoms with Gasteiger partial charge in [-0.05, 0) is 25.0 Å². The standard InChI is InChI=1S/C16H16Cl2N2O3/c17-11-6-3-7-12(18)14(11)19-13(21)8-20-15(22)9-4-1-2-5-10(9)16(20)23/h3,6-7,9-10H,1-2,4-5,8H2,(H,19,21)/t9-,10+. The van der Waals surface area contributed by atoms with E-state index in [0.717, 1.165) is 30.6 Å². The van der Waals surface area contributed by atoms with Gasteiger partial charge in [0.05, 0.1) is 27.6 Å². The predicted molar refractivity (Wildman–Crippen MR) is 87.3 cm³/mol. The fourth-order valence-electron chi connectivity index (χ4n) is 3.33. The van der Waals surface area contributed by atoms with Gasteiger partial charge in [-0.3, -0.25) is 19.3 Å². The molecule has 0 aromatic heterocycles. The van der Waals surface area contributed by atoms with Gasteiger partial charge in [0.25, 0.3) is 0 Å². The van der Waals surface area contributed by atoms with E-state index in [0.29, 0.717) is 10.0 Å². The second-order valence-electron chi connectivity index (χ2n) is 5.90. The summed E-state index contributed by atoms with van der Waals surface area (Å²) < 4.78 is 0. The third-order valence-electron chi connectivity index (χ3n) is 4.46. The number of imide groups is 1. The fourth-order valence-corrected chi connectivity index (χ4v) is 3.82. The minimum absolute atomic E-state index is 0.236. The Kier molecular flexibility index (Phi) is 4.60. The van der Waals surface area contributed by atoms with Crippen molar-refractivity contribution in [3.63, 3.8) is 0 Å². The number of likely N-dealkylation sites (tertiary alicyclic amines) is 1. The normalized spacial score (nSPS) is 23.8. The first-order chi connectivity index (χ1) is 11.0. The molecule has 1 heterocycles.